The van der Waals surface area contributed by atoms with Gasteiger partial charge in [-0.3, -0.25) is 9.63 Å². The SMILES string of the molecule is CON(C)S(=O)(=O)c1cccc(C(=O)OC(C)C(=O)Nc2ccc(Br)cc2)c1. The van der Waals surface area contributed by atoms with E-state index in [0.29, 0.717) is 10.2 Å². The number of esters is 1. The van der Waals surface area contributed by atoms with Crippen LogP contribution in [0.2, 0.25) is 0 Å². The summed E-state index contributed by atoms with van der Waals surface area (Å²) in [5.74, 6) is -1.34. The second-order valence-corrected chi connectivity index (χ2v) is 8.52. The number of carbonyl (C=O) groups is 2. The summed E-state index contributed by atoms with van der Waals surface area (Å²) >= 11 is 3.30. The first-order valence-electron chi connectivity index (χ1n) is 8.05. The van der Waals surface area contributed by atoms with E-state index in [1.165, 1.54) is 39.3 Å². The molecule has 0 aromatic heterocycles. The molecule has 0 aliphatic heterocycles. The normalized spacial score (nSPS) is 12.5. The number of amides is 1. The summed E-state index contributed by atoms with van der Waals surface area (Å²) in [7, 11) is -1.47. The van der Waals surface area contributed by atoms with Crippen molar-refractivity contribution in [1.82, 2.24) is 4.47 Å². The maximum Gasteiger partial charge on any atom is 0.338 e. The fourth-order valence-electron chi connectivity index (χ4n) is 2.09. The van der Waals surface area contributed by atoms with E-state index in [9.17, 15) is 18.0 Å². The number of nitrogens with one attached hydrogen (secondary N) is 1. The number of hydroxylamine groups is 1. The molecule has 1 atom stereocenters. The van der Waals surface area contributed by atoms with Crippen LogP contribution in [0.25, 0.3) is 0 Å². The van der Waals surface area contributed by atoms with Crippen LogP contribution in [0.4, 0.5) is 5.69 Å². The van der Waals surface area contributed by atoms with Gasteiger partial charge in [-0.2, -0.15) is 0 Å². The number of carbonyl (C=O) groups excluding carboxylic acids is 2. The molecule has 2 aromatic rings. The molecule has 0 heterocycles. The minimum absolute atomic E-state index is 0.00568. The highest BCUT2D eigenvalue weighted by Crippen LogP contribution is 2.18. The number of halogens is 1. The van der Waals surface area contributed by atoms with Crippen molar-refractivity contribution in [3.63, 3.8) is 0 Å². The number of anilines is 1. The van der Waals surface area contributed by atoms with Crippen molar-refractivity contribution in [3.8, 4) is 0 Å². The molecule has 0 aliphatic carbocycles. The second kappa shape index (κ2) is 9.28. The molecule has 10 heteroatoms. The molecular formula is C18H19BrN2O6S. The number of benzene rings is 2. The lowest BCUT2D eigenvalue weighted by atomic mass is 10.2. The van der Waals surface area contributed by atoms with Crippen LogP contribution in [0.1, 0.15) is 17.3 Å². The van der Waals surface area contributed by atoms with E-state index in [-0.39, 0.29) is 10.5 Å². The highest BCUT2D eigenvalue weighted by atomic mass is 79.9. The molecule has 1 N–H and O–H groups in total. The van der Waals surface area contributed by atoms with E-state index in [1.807, 2.05) is 0 Å². The zero-order chi connectivity index (χ0) is 20.9. The Kier molecular flexibility index (Phi) is 7.30. The maximum atomic E-state index is 12.3. The number of ether oxygens (including phenoxy) is 1. The molecule has 0 fully saturated rings. The van der Waals surface area contributed by atoms with Gasteiger partial charge in [0, 0.05) is 17.2 Å². The standard InChI is InChI=1S/C18H19BrN2O6S/c1-12(17(22)20-15-9-7-14(19)8-10-15)27-18(23)13-5-4-6-16(11-13)28(24,25)21(2)26-3/h4-12H,1-3H3,(H,20,22). The van der Waals surface area contributed by atoms with Gasteiger partial charge in [-0.05, 0) is 49.4 Å². The Balaban J connectivity index is 2.08. The van der Waals surface area contributed by atoms with Gasteiger partial charge in [0.2, 0.25) is 0 Å². The minimum Gasteiger partial charge on any atom is -0.449 e. The average Bonchev–Trinajstić information content (AvgIpc) is 2.68. The lowest BCUT2D eigenvalue weighted by molar-refractivity contribution is -0.123. The molecule has 0 bridgehead atoms. The van der Waals surface area contributed by atoms with Crippen LogP contribution in [0, 0.1) is 0 Å². The van der Waals surface area contributed by atoms with Crippen molar-refractivity contribution in [2.45, 2.75) is 17.9 Å². The van der Waals surface area contributed by atoms with Gasteiger partial charge in [-0.25, -0.2) is 13.2 Å². The summed E-state index contributed by atoms with van der Waals surface area (Å²) in [6, 6.07) is 12.2. The van der Waals surface area contributed by atoms with Crippen LogP contribution in [0.3, 0.4) is 0 Å². The van der Waals surface area contributed by atoms with Crippen molar-refractivity contribution in [2.75, 3.05) is 19.5 Å². The number of sulfonamides is 1. The summed E-state index contributed by atoms with van der Waals surface area (Å²) in [6.45, 7) is 1.42. The third-order valence-corrected chi connectivity index (χ3v) is 5.93. The van der Waals surface area contributed by atoms with E-state index in [2.05, 4.69) is 21.2 Å². The predicted molar refractivity (Wildman–Crippen MR) is 106 cm³/mol. The lowest BCUT2D eigenvalue weighted by Crippen LogP contribution is -2.30. The molecule has 0 saturated heterocycles. The van der Waals surface area contributed by atoms with Gasteiger partial charge in [0.05, 0.1) is 17.6 Å². The number of hydrogen-bond acceptors (Lipinski definition) is 6. The summed E-state index contributed by atoms with van der Waals surface area (Å²) in [5, 5.41) is 2.63. The molecule has 2 aromatic carbocycles. The van der Waals surface area contributed by atoms with E-state index >= 15 is 0 Å². The highest BCUT2D eigenvalue weighted by molar-refractivity contribution is 9.10. The van der Waals surface area contributed by atoms with Crippen molar-refractivity contribution in [1.29, 1.82) is 0 Å². The van der Waals surface area contributed by atoms with Crippen molar-refractivity contribution in [3.05, 3.63) is 58.6 Å². The van der Waals surface area contributed by atoms with Gasteiger partial charge in [0.15, 0.2) is 6.10 Å². The lowest BCUT2D eigenvalue weighted by Gasteiger charge is -2.16. The predicted octanol–water partition coefficient (Wildman–Crippen LogP) is 2.82. The monoisotopic (exact) mass is 470 g/mol. The Labute approximate surface area is 171 Å². The third kappa shape index (κ3) is 5.38. The van der Waals surface area contributed by atoms with Crippen molar-refractivity contribution >= 4 is 43.5 Å². The van der Waals surface area contributed by atoms with E-state index < -0.39 is 28.0 Å². The number of hydrogen-bond donors (Lipinski definition) is 1. The average molecular weight is 471 g/mol. The van der Waals surface area contributed by atoms with Gasteiger partial charge in [0.1, 0.15) is 0 Å². The fourth-order valence-corrected chi connectivity index (χ4v) is 3.37. The van der Waals surface area contributed by atoms with Crippen LogP contribution < -0.4 is 5.32 Å². The molecule has 28 heavy (non-hydrogen) atoms. The first-order chi connectivity index (χ1) is 13.1. The Morgan fingerprint density at radius 3 is 2.39 bits per heavy atom. The zero-order valence-corrected chi connectivity index (χ0v) is 17.8. The quantitative estimate of drug-likeness (QED) is 0.492. The summed E-state index contributed by atoms with van der Waals surface area (Å²) in [4.78, 5) is 29.1. The smallest absolute Gasteiger partial charge is 0.338 e. The molecule has 8 nitrogen and oxygen atoms in total. The molecule has 0 radical (unpaired) electrons. The van der Waals surface area contributed by atoms with Crippen LogP contribution >= 0.6 is 15.9 Å². The van der Waals surface area contributed by atoms with Crippen molar-refractivity contribution < 1.29 is 27.6 Å². The largest absolute Gasteiger partial charge is 0.449 e. The van der Waals surface area contributed by atoms with Crippen LogP contribution in [0.5, 0.6) is 0 Å². The summed E-state index contributed by atoms with van der Waals surface area (Å²) in [6.07, 6.45) is -1.09. The molecule has 1 unspecified atom stereocenters. The van der Waals surface area contributed by atoms with Crippen molar-refractivity contribution in [2.24, 2.45) is 0 Å². The summed E-state index contributed by atoms with van der Waals surface area (Å²) in [5.41, 5.74) is 0.542. The molecule has 0 saturated carbocycles. The van der Waals surface area contributed by atoms with E-state index in [1.54, 1.807) is 24.3 Å². The van der Waals surface area contributed by atoms with Gasteiger partial charge >= 0.3 is 5.97 Å². The molecule has 150 valence electrons. The van der Waals surface area contributed by atoms with Crippen LogP contribution in [0.15, 0.2) is 57.9 Å². The van der Waals surface area contributed by atoms with E-state index in [4.69, 9.17) is 9.57 Å². The van der Waals surface area contributed by atoms with Gasteiger partial charge in [0.25, 0.3) is 15.9 Å². The van der Waals surface area contributed by atoms with Gasteiger partial charge in [-0.1, -0.05) is 26.5 Å². The molecular weight excluding hydrogens is 452 g/mol. The Bertz CT molecular complexity index is 962. The third-order valence-electron chi connectivity index (χ3n) is 3.73. The van der Waals surface area contributed by atoms with Gasteiger partial charge in [-0.15, -0.1) is 0 Å². The Hall–Kier alpha value is -2.27. The van der Waals surface area contributed by atoms with Crippen LogP contribution in [-0.4, -0.2) is 45.0 Å². The Morgan fingerprint density at radius 2 is 1.79 bits per heavy atom. The minimum atomic E-state index is -3.91. The maximum absolute atomic E-state index is 12.3. The zero-order valence-electron chi connectivity index (χ0n) is 15.4. The molecule has 2 rings (SSSR count). The van der Waals surface area contributed by atoms with Gasteiger partial charge < -0.3 is 10.1 Å². The first-order valence-corrected chi connectivity index (χ1v) is 10.3. The first kappa shape index (κ1) is 22.0. The second-order valence-electron chi connectivity index (χ2n) is 5.67. The summed E-state index contributed by atoms with van der Waals surface area (Å²) < 4.78 is 31.2. The highest BCUT2D eigenvalue weighted by Gasteiger charge is 2.24. The molecule has 0 spiro atoms. The topological polar surface area (TPSA) is 102 Å². The molecule has 1 amide bonds. The Morgan fingerprint density at radius 1 is 1.14 bits per heavy atom. The molecule has 0 aliphatic rings. The van der Waals surface area contributed by atoms with Crippen LogP contribution in [-0.2, 0) is 24.4 Å². The van der Waals surface area contributed by atoms with E-state index in [0.717, 1.165) is 10.5 Å². The number of rotatable bonds is 7. The fraction of sp³-hybridized carbons (Fsp3) is 0.222. The number of nitrogens with zero attached hydrogens (tertiary/aromatic N) is 1.